The van der Waals surface area contributed by atoms with Gasteiger partial charge in [0.15, 0.2) is 0 Å². The molecule has 0 aliphatic carbocycles. The van der Waals surface area contributed by atoms with Gasteiger partial charge >= 0.3 is 0 Å². The SMILES string of the molecule is CC(C)CCCCCCCC(O)(c1ccccc1)C(C)(C)C(O)(CCCCCCCC(C)C)c1ccccc1. The van der Waals surface area contributed by atoms with Gasteiger partial charge in [0.1, 0.15) is 0 Å². The van der Waals surface area contributed by atoms with E-state index in [1.54, 1.807) is 0 Å². The van der Waals surface area contributed by atoms with Crippen molar-refractivity contribution in [1.29, 1.82) is 0 Å². The Morgan fingerprint density at radius 1 is 0.487 bits per heavy atom. The molecule has 2 nitrogen and oxygen atoms in total. The summed E-state index contributed by atoms with van der Waals surface area (Å²) in [7, 11) is 0. The smallest absolute Gasteiger partial charge is 0.0978 e. The molecule has 0 amide bonds. The molecule has 0 aromatic heterocycles. The fourth-order valence-corrected chi connectivity index (χ4v) is 6.33. The lowest BCUT2D eigenvalue weighted by atomic mass is 9.56. The van der Waals surface area contributed by atoms with Crippen molar-refractivity contribution in [3.05, 3.63) is 71.8 Å². The molecule has 39 heavy (non-hydrogen) atoms. The van der Waals surface area contributed by atoms with Crippen molar-refractivity contribution in [3.8, 4) is 0 Å². The average Bonchev–Trinajstić information content (AvgIpc) is 2.92. The molecule has 0 saturated heterocycles. The first-order valence-electron chi connectivity index (χ1n) is 16.1. The van der Waals surface area contributed by atoms with E-state index in [2.05, 4.69) is 41.5 Å². The molecule has 220 valence electrons. The quantitative estimate of drug-likeness (QED) is 0.165. The third kappa shape index (κ3) is 9.75. The molecular formula is C37H60O2. The van der Waals surface area contributed by atoms with Crippen LogP contribution >= 0.6 is 0 Å². The number of hydrogen-bond donors (Lipinski definition) is 2. The molecule has 0 fully saturated rings. The maximum atomic E-state index is 12.6. The van der Waals surface area contributed by atoms with Gasteiger partial charge in [0.2, 0.25) is 0 Å². The molecule has 2 aromatic rings. The van der Waals surface area contributed by atoms with Gasteiger partial charge in [0, 0.05) is 5.41 Å². The molecule has 0 aliphatic rings. The highest BCUT2D eigenvalue weighted by Crippen LogP contribution is 2.55. The second-order valence-corrected chi connectivity index (χ2v) is 13.5. The van der Waals surface area contributed by atoms with Crippen molar-refractivity contribution < 1.29 is 10.2 Å². The summed E-state index contributed by atoms with van der Waals surface area (Å²) in [5, 5.41) is 25.3. The van der Waals surface area contributed by atoms with Gasteiger partial charge in [-0.15, -0.1) is 0 Å². The summed E-state index contributed by atoms with van der Waals surface area (Å²) in [5.74, 6) is 1.54. The van der Waals surface area contributed by atoms with Crippen molar-refractivity contribution >= 4 is 0 Å². The minimum Gasteiger partial charge on any atom is -0.384 e. The second-order valence-electron chi connectivity index (χ2n) is 13.5. The lowest BCUT2D eigenvalue weighted by molar-refractivity contribution is -0.199. The van der Waals surface area contributed by atoms with Crippen molar-refractivity contribution in [2.75, 3.05) is 0 Å². The summed E-state index contributed by atoms with van der Waals surface area (Å²) in [6.07, 6.45) is 15.5. The van der Waals surface area contributed by atoms with Crippen molar-refractivity contribution in [2.24, 2.45) is 17.3 Å². The van der Waals surface area contributed by atoms with Crippen LogP contribution in [0.5, 0.6) is 0 Å². The molecule has 2 N–H and O–H groups in total. The van der Waals surface area contributed by atoms with Gasteiger partial charge in [-0.25, -0.2) is 0 Å². The lowest BCUT2D eigenvalue weighted by Gasteiger charge is -2.53. The van der Waals surface area contributed by atoms with Crippen molar-refractivity contribution in [1.82, 2.24) is 0 Å². The molecule has 0 heterocycles. The van der Waals surface area contributed by atoms with Gasteiger partial charge in [0.25, 0.3) is 0 Å². The fourth-order valence-electron chi connectivity index (χ4n) is 6.33. The molecule has 0 bridgehead atoms. The fraction of sp³-hybridized carbons (Fsp3) is 0.676. The highest BCUT2D eigenvalue weighted by molar-refractivity contribution is 5.32. The third-order valence-electron chi connectivity index (χ3n) is 9.21. The van der Waals surface area contributed by atoms with Crippen LogP contribution in [0.1, 0.15) is 143 Å². The summed E-state index contributed by atoms with van der Waals surface area (Å²) < 4.78 is 0. The van der Waals surface area contributed by atoms with Gasteiger partial charge in [-0.3, -0.25) is 0 Å². The summed E-state index contributed by atoms with van der Waals surface area (Å²) in [5.41, 5.74) is -1.25. The van der Waals surface area contributed by atoms with E-state index in [4.69, 9.17) is 0 Å². The highest BCUT2D eigenvalue weighted by atomic mass is 16.3. The zero-order valence-corrected chi connectivity index (χ0v) is 26.2. The van der Waals surface area contributed by atoms with Crippen LogP contribution in [0.25, 0.3) is 0 Å². The normalized spacial score (nSPS) is 15.4. The van der Waals surface area contributed by atoms with Crippen LogP contribution in [0.3, 0.4) is 0 Å². The van der Waals surface area contributed by atoms with E-state index < -0.39 is 16.6 Å². The molecule has 0 spiro atoms. The summed E-state index contributed by atoms with van der Waals surface area (Å²) in [6, 6.07) is 20.3. The number of unbranched alkanes of at least 4 members (excludes halogenated alkanes) is 8. The van der Waals surface area contributed by atoms with Crippen LogP contribution in [-0.2, 0) is 11.2 Å². The van der Waals surface area contributed by atoms with E-state index in [-0.39, 0.29) is 0 Å². The predicted molar refractivity (Wildman–Crippen MR) is 169 cm³/mol. The number of benzene rings is 2. The molecule has 0 saturated carbocycles. The maximum absolute atomic E-state index is 12.6. The van der Waals surface area contributed by atoms with E-state index in [0.29, 0.717) is 12.8 Å². The average molecular weight is 537 g/mol. The van der Waals surface area contributed by atoms with E-state index >= 15 is 0 Å². The van der Waals surface area contributed by atoms with Gasteiger partial charge in [-0.05, 0) is 35.8 Å². The second kappa shape index (κ2) is 16.6. The van der Waals surface area contributed by atoms with Crippen molar-refractivity contribution in [3.63, 3.8) is 0 Å². The zero-order valence-electron chi connectivity index (χ0n) is 26.2. The molecule has 2 unspecified atom stereocenters. The van der Waals surface area contributed by atoms with Gasteiger partial charge in [-0.2, -0.15) is 0 Å². The first-order chi connectivity index (χ1) is 18.5. The van der Waals surface area contributed by atoms with E-state index in [1.807, 2.05) is 60.7 Å². The largest absolute Gasteiger partial charge is 0.384 e. The molecular weight excluding hydrogens is 476 g/mol. The van der Waals surface area contributed by atoms with Crippen LogP contribution in [0, 0.1) is 17.3 Å². The molecule has 0 aliphatic heterocycles. The predicted octanol–water partition coefficient (Wildman–Crippen LogP) is 10.6. The van der Waals surface area contributed by atoms with Gasteiger partial charge < -0.3 is 10.2 Å². The standard InChI is InChI=1S/C37H60O2/c1-31(2)23-15-9-7-11-21-29-36(38,33-25-17-13-18-26-33)35(5,6)37(39,34-27-19-14-20-28-34)30-22-12-8-10-16-24-32(3)4/h13-14,17-20,25-28,31-32,38-39H,7-12,15-16,21-24,29-30H2,1-6H3. The molecule has 2 aromatic carbocycles. The van der Waals surface area contributed by atoms with E-state index in [9.17, 15) is 10.2 Å². The van der Waals surface area contributed by atoms with Crippen LogP contribution in [0.2, 0.25) is 0 Å². The van der Waals surface area contributed by atoms with E-state index in [1.165, 1.54) is 51.4 Å². The molecule has 2 rings (SSSR count). The zero-order chi connectivity index (χ0) is 28.8. The van der Waals surface area contributed by atoms with Gasteiger partial charge in [0.05, 0.1) is 11.2 Å². The maximum Gasteiger partial charge on any atom is 0.0978 e. The Balaban J connectivity index is 2.23. The van der Waals surface area contributed by atoms with Crippen LogP contribution in [0.4, 0.5) is 0 Å². The lowest BCUT2D eigenvalue weighted by Crippen LogP contribution is -2.55. The third-order valence-corrected chi connectivity index (χ3v) is 9.21. The molecule has 0 radical (unpaired) electrons. The first-order valence-corrected chi connectivity index (χ1v) is 16.1. The summed E-state index contributed by atoms with van der Waals surface area (Å²) in [4.78, 5) is 0. The Bertz CT molecular complexity index is 815. The minimum absolute atomic E-state index is 0.651. The highest BCUT2D eigenvalue weighted by Gasteiger charge is 2.57. The van der Waals surface area contributed by atoms with Crippen molar-refractivity contribution in [2.45, 2.75) is 143 Å². The number of aliphatic hydroxyl groups is 2. The number of hydrogen-bond acceptors (Lipinski definition) is 2. The Morgan fingerprint density at radius 3 is 1.13 bits per heavy atom. The van der Waals surface area contributed by atoms with Gasteiger partial charge in [-0.1, -0.05) is 179 Å². The van der Waals surface area contributed by atoms with Crippen LogP contribution in [-0.4, -0.2) is 10.2 Å². The Morgan fingerprint density at radius 2 is 0.795 bits per heavy atom. The summed E-state index contributed by atoms with van der Waals surface area (Å²) in [6.45, 7) is 13.4. The molecule has 2 heteroatoms. The Hall–Kier alpha value is -1.64. The Labute approximate surface area is 241 Å². The first kappa shape index (κ1) is 33.6. The van der Waals surface area contributed by atoms with Crippen LogP contribution in [0.15, 0.2) is 60.7 Å². The van der Waals surface area contributed by atoms with E-state index in [0.717, 1.165) is 48.6 Å². The Kier molecular flexibility index (Phi) is 14.3. The van der Waals surface area contributed by atoms with Crippen LogP contribution < -0.4 is 0 Å². The minimum atomic E-state index is -1.14. The topological polar surface area (TPSA) is 40.5 Å². The summed E-state index contributed by atoms with van der Waals surface area (Å²) >= 11 is 0. The number of rotatable bonds is 20. The monoisotopic (exact) mass is 536 g/mol. The molecule has 2 atom stereocenters.